The van der Waals surface area contributed by atoms with E-state index in [1.165, 1.54) is 11.1 Å². The minimum Gasteiger partial charge on any atom is -0.492 e. The summed E-state index contributed by atoms with van der Waals surface area (Å²) >= 11 is 0. The number of rotatable bonds is 5. The summed E-state index contributed by atoms with van der Waals surface area (Å²) in [6.07, 6.45) is 1.06. The lowest BCUT2D eigenvalue weighted by atomic mass is 9.76. The van der Waals surface area contributed by atoms with Gasteiger partial charge in [0.2, 0.25) is 0 Å². The second-order valence-corrected chi connectivity index (χ2v) is 6.91. The largest absolute Gasteiger partial charge is 0.492 e. The van der Waals surface area contributed by atoms with E-state index < -0.39 is 0 Å². The molecule has 0 saturated carbocycles. The standard InChI is InChI=1S/C18H27NO3/c1-14-3-4-17(15(2)9-14)22-8-6-19-10-16-5-7-21-13-18(16,11-19)12-20/h3-4,9,16,20H,5-8,10-13H2,1-2H3/t16-,18+/m0/s1. The monoisotopic (exact) mass is 305 g/mol. The Bertz CT molecular complexity index is 519. The van der Waals surface area contributed by atoms with Crippen LogP contribution in [0, 0.1) is 25.2 Å². The van der Waals surface area contributed by atoms with Gasteiger partial charge in [0, 0.05) is 31.7 Å². The molecule has 4 heteroatoms. The second-order valence-electron chi connectivity index (χ2n) is 6.91. The highest BCUT2D eigenvalue weighted by molar-refractivity contribution is 5.35. The minimum absolute atomic E-state index is 0.0436. The maximum absolute atomic E-state index is 9.80. The fraction of sp³-hybridized carbons (Fsp3) is 0.667. The lowest BCUT2D eigenvalue weighted by Gasteiger charge is -2.36. The third-order valence-electron chi connectivity index (χ3n) is 5.19. The van der Waals surface area contributed by atoms with Crippen LogP contribution in [0.3, 0.4) is 0 Å². The Morgan fingerprint density at radius 2 is 2.27 bits per heavy atom. The Balaban J connectivity index is 1.52. The molecule has 0 aliphatic carbocycles. The molecule has 2 atom stereocenters. The molecule has 0 radical (unpaired) electrons. The van der Waals surface area contributed by atoms with E-state index in [9.17, 15) is 5.11 Å². The molecular weight excluding hydrogens is 278 g/mol. The first-order valence-electron chi connectivity index (χ1n) is 8.24. The van der Waals surface area contributed by atoms with Gasteiger partial charge in [-0.15, -0.1) is 0 Å². The Labute approximate surface area is 133 Å². The summed E-state index contributed by atoms with van der Waals surface area (Å²) in [7, 11) is 0. The average Bonchev–Trinajstić information content (AvgIpc) is 2.88. The summed E-state index contributed by atoms with van der Waals surface area (Å²) in [5, 5.41) is 9.80. The number of aryl methyl sites for hydroxylation is 2. The summed E-state index contributed by atoms with van der Waals surface area (Å²) in [6, 6.07) is 6.29. The van der Waals surface area contributed by atoms with Crippen LogP contribution in [0.25, 0.3) is 0 Å². The molecule has 4 nitrogen and oxygen atoms in total. The number of fused-ring (bicyclic) bond motifs is 1. The second kappa shape index (κ2) is 6.57. The molecule has 22 heavy (non-hydrogen) atoms. The van der Waals surface area contributed by atoms with E-state index in [0.29, 0.717) is 19.1 Å². The van der Waals surface area contributed by atoms with Crippen molar-refractivity contribution in [3.63, 3.8) is 0 Å². The van der Waals surface area contributed by atoms with E-state index in [4.69, 9.17) is 9.47 Å². The smallest absolute Gasteiger partial charge is 0.122 e. The number of likely N-dealkylation sites (tertiary alicyclic amines) is 1. The molecule has 1 aromatic carbocycles. The van der Waals surface area contributed by atoms with Gasteiger partial charge in [-0.25, -0.2) is 0 Å². The van der Waals surface area contributed by atoms with E-state index in [-0.39, 0.29) is 12.0 Å². The zero-order chi connectivity index (χ0) is 15.6. The van der Waals surface area contributed by atoms with Gasteiger partial charge in [0.1, 0.15) is 12.4 Å². The third kappa shape index (κ3) is 3.14. The highest BCUT2D eigenvalue weighted by atomic mass is 16.5. The Kier molecular flexibility index (Phi) is 4.71. The molecule has 3 rings (SSSR count). The predicted octanol–water partition coefficient (Wildman–Crippen LogP) is 2.01. The average molecular weight is 305 g/mol. The van der Waals surface area contributed by atoms with Crippen molar-refractivity contribution in [3.8, 4) is 5.75 Å². The van der Waals surface area contributed by atoms with E-state index in [1.54, 1.807) is 0 Å². The lowest BCUT2D eigenvalue weighted by molar-refractivity contribution is -0.0561. The van der Waals surface area contributed by atoms with E-state index in [2.05, 4.69) is 36.9 Å². The molecule has 0 spiro atoms. The molecule has 2 fully saturated rings. The number of benzene rings is 1. The Morgan fingerprint density at radius 1 is 1.41 bits per heavy atom. The van der Waals surface area contributed by atoms with Crippen molar-refractivity contribution in [3.05, 3.63) is 29.3 Å². The molecule has 1 N–H and O–H groups in total. The van der Waals surface area contributed by atoms with Crippen molar-refractivity contribution >= 4 is 0 Å². The number of ether oxygens (including phenoxy) is 2. The molecule has 0 aromatic heterocycles. The summed E-state index contributed by atoms with van der Waals surface area (Å²) < 4.78 is 11.5. The maximum atomic E-state index is 9.80. The summed E-state index contributed by atoms with van der Waals surface area (Å²) in [5.41, 5.74) is 2.41. The van der Waals surface area contributed by atoms with Gasteiger partial charge in [-0.2, -0.15) is 0 Å². The molecule has 2 aliphatic rings. The zero-order valence-corrected chi connectivity index (χ0v) is 13.7. The van der Waals surface area contributed by atoms with E-state index in [0.717, 1.165) is 38.4 Å². The van der Waals surface area contributed by atoms with Gasteiger partial charge < -0.3 is 14.6 Å². The molecule has 1 aromatic rings. The molecule has 2 aliphatic heterocycles. The number of nitrogens with zero attached hydrogens (tertiary/aromatic N) is 1. The van der Waals surface area contributed by atoms with Crippen LogP contribution in [0.1, 0.15) is 17.5 Å². The molecule has 2 saturated heterocycles. The van der Waals surface area contributed by atoms with Crippen molar-refractivity contribution in [1.29, 1.82) is 0 Å². The van der Waals surface area contributed by atoms with E-state index in [1.807, 2.05) is 0 Å². The van der Waals surface area contributed by atoms with Crippen LogP contribution in [0.2, 0.25) is 0 Å². The fourth-order valence-corrected chi connectivity index (χ4v) is 3.85. The van der Waals surface area contributed by atoms with Crippen LogP contribution < -0.4 is 4.74 Å². The van der Waals surface area contributed by atoms with Gasteiger partial charge in [0.25, 0.3) is 0 Å². The molecule has 0 amide bonds. The first-order valence-corrected chi connectivity index (χ1v) is 8.24. The van der Waals surface area contributed by atoms with Crippen LogP contribution in [0.5, 0.6) is 5.75 Å². The maximum Gasteiger partial charge on any atom is 0.122 e. The first-order chi connectivity index (χ1) is 10.6. The van der Waals surface area contributed by atoms with Crippen molar-refractivity contribution in [2.45, 2.75) is 20.3 Å². The number of aliphatic hydroxyl groups excluding tert-OH is 1. The van der Waals surface area contributed by atoms with Gasteiger partial charge in [-0.3, -0.25) is 4.90 Å². The normalized spacial score (nSPS) is 28.6. The fourth-order valence-electron chi connectivity index (χ4n) is 3.85. The number of hydrogen-bond donors (Lipinski definition) is 1. The minimum atomic E-state index is -0.0436. The van der Waals surface area contributed by atoms with Gasteiger partial charge in [-0.05, 0) is 37.8 Å². The van der Waals surface area contributed by atoms with Gasteiger partial charge in [0.05, 0.1) is 13.2 Å². The molecular formula is C18H27NO3. The predicted molar refractivity (Wildman–Crippen MR) is 86.3 cm³/mol. The van der Waals surface area contributed by atoms with Crippen LogP contribution in [-0.2, 0) is 4.74 Å². The van der Waals surface area contributed by atoms with Crippen molar-refractivity contribution in [2.75, 3.05) is 46.1 Å². The molecule has 0 unspecified atom stereocenters. The van der Waals surface area contributed by atoms with Crippen LogP contribution in [-0.4, -0.2) is 56.1 Å². The van der Waals surface area contributed by atoms with Gasteiger partial charge in [-0.1, -0.05) is 17.7 Å². The van der Waals surface area contributed by atoms with Gasteiger partial charge >= 0.3 is 0 Å². The van der Waals surface area contributed by atoms with Crippen molar-refractivity contribution in [1.82, 2.24) is 4.90 Å². The molecule has 0 bridgehead atoms. The van der Waals surface area contributed by atoms with Gasteiger partial charge in [0.15, 0.2) is 0 Å². The lowest BCUT2D eigenvalue weighted by Crippen LogP contribution is -2.43. The van der Waals surface area contributed by atoms with Crippen LogP contribution in [0.15, 0.2) is 18.2 Å². The summed E-state index contributed by atoms with van der Waals surface area (Å²) in [4.78, 5) is 2.42. The molecule has 2 heterocycles. The number of hydrogen-bond acceptors (Lipinski definition) is 4. The summed E-state index contributed by atoms with van der Waals surface area (Å²) in [5.74, 6) is 1.54. The topological polar surface area (TPSA) is 41.9 Å². The first kappa shape index (κ1) is 15.8. The highest BCUT2D eigenvalue weighted by Crippen LogP contribution is 2.40. The Morgan fingerprint density at radius 3 is 3.00 bits per heavy atom. The zero-order valence-electron chi connectivity index (χ0n) is 13.7. The van der Waals surface area contributed by atoms with E-state index >= 15 is 0 Å². The van der Waals surface area contributed by atoms with Crippen molar-refractivity contribution in [2.24, 2.45) is 11.3 Å². The molecule has 122 valence electrons. The SMILES string of the molecule is Cc1ccc(OCCN2C[C@@H]3CCOC[C@]3(CO)C2)c(C)c1. The van der Waals surface area contributed by atoms with Crippen LogP contribution >= 0.6 is 0 Å². The Hall–Kier alpha value is -1.10. The van der Waals surface area contributed by atoms with Crippen LogP contribution in [0.4, 0.5) is 0 Å². The quantitative estimate of drug-likeness (QED) is 0.903. The van der Waals surface area contributed by atoms with Crippen molar-refractivity contribution < 1.29 is 14.6 Å². The number of aliphatic hydroxyl groups is 1. The third-order valence-corrected chi connectivity index (χ3v) is 5.19. The summed E-state index contributed by atoms with van der Waals surface area (Å²) in [6.45, 7) is 9.52. The highest BCUT2D eigenvalue weighted by Gasteiger charge is 2.47.